The zero-order valence-corrected chi connectivity index (χ0v) is 16.9. The molecule has 0 bridgehead atoms. The molecule has 2 rings (SSSR count). The van der Waals surface area contributed by atoms with Gasteiger partial charge in [-0.3, -0.25) is 4.79 Å². The Bertz CT molecular complexity index is 725. The van der Waals surface area contributed by atoms with Crippen molar-refractivity contribution in [1.82, 2.24) is 9.62 Å². The Morgan fingerprint density at radius 1 is 1.27 bits per heavy atom. The van der Waals surface area contributed by atoms with E-state index in [1.54, 1.807) is 12.1 Å². The van der Waals surface area contributed by atoms with Crippen LogP contribution in [-0.4, -0.2) is 45.4 Å². The molecule has 6 nitrogen and oxygen atoms in total. The number of hydrogen-bond donors (Lipinski definition) is 1. The molecule has 0 heterocycles. The van der Waals surface area contributed by atoms with Gasteiger partial charge in [-0.1, -0.05) is 39.2 Å². The van der Waals surface area contributed by atoms with E-state index in [0.29, 0.717) is 0 Å². The van der Waals surface area contributed by atoms with Crippen molar-refractivity contribution >= 4 is 15.9 Å². The molecule has 1 aromatic carbocycles. The fourth-order valence-corrected chi connectivity index (χ4v) is 4.54. The highest BCUT2D eigenvalue weighted by Gasteiger charge is 2.28. The molecule has 0 atom stereocenters. The molecule has 0 saturated heterocycles. The zero-order chi connectivity index (χ0) is 19.3. The van der Waals surface area contributed by atoms with E-state index >= 15 is 0 Å². The van der Waals surface area contributed by atoms with Gasteiger partial charge >= 0.3 is 0 Å². The van der Waals surface area contributed by atoms with E-state index in [9.17, 15) is 13.2 Å². The number of carbonyl (C=O) groups is 1. The first-order chi connectivity index (χ1) is 12.3. The molecule has 1 saturated carbocycles. The Balaban J connectivity index is 2.15. The van der Waals surface area contributed by atoms with Gasteiger partial charge in [-0.2, -0.15) is 4.31 Å². The summed E-state index contributed by atoms with van der Waals surface area (Å²) in [6.45, 7) is 3.80. The zero-order valence-electron chi connectivity index (χ0n) is 16.1. The maximum absolute atomic E-state index is 13.0. The minimum atomic E-state index is -3.83. The Morgan fingerprint density at radius 2 is 1.92 bits per heavy atom. The first kappa shape index (κ1) is 20.7. The van der Waals surface area contributed by atoms with Gasteiger partial charge in [0.1, 0.15) is 10.6 Å². The van der Waals surface area contributed by atoms with Crippen LogP contribution in [0.3, 0.4) is 0 Å². The quantitative estimate of drug-likeness (QED) is 0.787. The molecular formula is C19H30N2O4S. The first-order valence-corrected chi connectivity index (χ1v) is 10.6. The molecular weight excluding hydrogens is 352 g/mol. The predicted octanol–water partition coefficient (Wildman–Crippen LogP) is 2.89. The molecule has 0 radical (unpaired) electrons. The third-order valence-electron chi connectivity index (χ3n) is 4.88. The van der Waals surface area contributed by atoms with Crippen molar-refractivity contribution in [2.75, 3.05) is 20.7 Å². The smallest absolute Gasteiger partial charge is 0.246 e. The summed E-state index contributed by atoms with van der Waals surface area (Å²) < 4.78 is 32.3. The largest absolute Gasteiger partial charge is 0.495 e. The van der Waals surface area contributed by atoms with Crippen LogP contribution in [0.2, 0.25) is 0 Å². The highest BCUT2D eigenvalue weighted by molar-refractivity contribution is 7.89. The maximum atomic E-state index is 13.0. The topological polar surface area (TPSA) is 75.7 Å². The van der Waals surface area contributed by atoms with Crippen molar-refractivity contribution < 1.29 is 17.9 Å². The van der Waals surface area contributed by atoms with Crippen LogP contribution < -0.4 is 10.1 Å². The fourth-order valence-electron chi connectivity index (χ4n) is 3.23. The second-order valence-corrected chi connectivity index (χ2v) is 9.24. The highest BCUT2D eigenvalue weighted by atomic mass is 32.2. The summed E-state index contributed by atoms with van der Waals surface area (Å²) in [6, 6.07) is 5.32. The number of likely N-dealkylation sites (N-methyl/N-ethyl adjacent to an activating group) is 1. The lowest BCUT2D eigenvalue weighted by molar-refractivity contribution is -0.122. The number of rotatable bonds is 7. The van der Waals surface area contributed by atoms with Gasteiger partial charge in [-0.15, -0.1) is 0 Å². The molecule has 0 unspecified atom stereocenters. The number of hydrogen-bond acceptors (Lipinski definition) is 4. The molecule has 1 fully saturated rings. The number of benzene rings is 1. The molecule has 26 heavy (non-hydrogen) atoms. The third kappa shape index (κ3) is 4.98. The lowest BCUT2D eigenvalue weighted by atomic mass is 9.95. The van der Waals surface area contributed by atoms with E-state index in [-0.39, 0.29) is 35.1 Å². The number of nitrogens with one attached hydrogen (secondary N) is 1. The van der Waals surface area contributed by atoms with E-state index < -0.39 is 10.0 Å². The standard InChI is InChI=1S/C19H30N2O4S/c1-14(2)15-10-11-17(25-4)18(12-15)26(23,24)21(3)13-19(22)20-16-8-6-5-7-9-16/h10-12,14,16H,5-9,13H2,1-4H3,(H,20,22). The molecule has 146 valence electrons. The van der Waals surface area contributed by atoms with Crippen LogP contribution in [0.25, 0.3) is 0 Å². The van der Waals surface area contributed by atoms with Gasteiger partial charge in [-0.25, -0.2) is 8.42 Å². The van der Waals surface area contributed by atoms with E-state index in [2.05, 4.69) is 5.32 Å². The van der Waals surface area contributed by atoms with E-state index in [1.807, 2.05) is 19.9 Å². The molecule has 1 amide bonds. The summed E-state index contributed by atoms with van der Waals surface area (Å²) >= 11 is 0. The van der Waals surface area contributed by atoms with Crippen LogP contribution >= 0.6 is 0 Å². The Labute approximate surface area is 157 Å². The third-order valence-corrected chi connectivity index (χ3v) is 6.70. The Morgan fingerprint density at radius 3 is 2.50 bits per heavy atom. The van der Waals surface area contributed by atoms with Crippen molar-refractivity contribution in [3.8, 4) is 5.75 Å². The molecule has 1 aromatic rings. The van der Waals surface area contributed by atoms with Crippen LogP contribution in [-0.2, 0) is 14.8 Å². The maximum Gasteiger partial charge on any atom is 0.246 e. The number of nitrogens with zero attached hydrogens (tertiary/aromatic N) is 1. The summed E-state index contributed by atoms with van der Waals surface area (Å²) in [7, 11) is -0.955. The average molecular weight is 383 g/mol. The molecule has 1 aliphatic rings. The van der Waals surface area contributed by atoms with E-state index in [0.717, 1.165) is 35.6 Å². The van der Waals surface area contributed by atoms with Crippen molar-refractivity contribution in [2.45, 2.75) is 62.8 Å². The first-order valence-electron chi connectivity index (χ1n) is 9.19. The van der Waals surface area contributed by atoms with Gasteiger partial charge in [0.15, 0.2) is 0 Å². The normalized spacial score (nSPS) is 16.1. The van der Waals surface area contributed by atoms with Crippen LogP contribution in [0, 0.1) is 0 Å². The summed E-state index contributed by atoms with van der Waals surface area (Å²) in [6.07, 6.45) is 5.35. The van der Waals surface area contributed by atoms with Crippen molar-refractivity contribution in [2.24, 2.45) is 0 Å². The fraction of sp³-hybridized carbons (Fsp3) is 0.632. The Kier molecular flexibility index (Phi) is 7.06. The lowest BCUT2D eigenvalue weighted by Gasteiger charge is -2.24. The average Bonchev–Trinajstić information content (AvgIpc) is 2.61. The second kappa shape index (κ2) is 8.86. The molecule has 1 aliphatic carbocycles. The van der Waals surface area contributed by atoms with E-state index in [4.69, 9.17) is 4.74 Å². The van der Waals surface area contributed by atoms with Crippen LogP contribution in [0.15, 0.2) is 23.1 Å². The number of sulfonamides is 1. The highest BCUT2D eigenvalue weighted by Crippen LogP contribution is 2.29. The summed E-state index contributed by atoms with van der Waals surface area (Å²) in [5.74, 6) is 0.214. The molecule has 7 heteroatoms. The van der Waals surface area contributed by atoms with Gasteiger partial charge in [-0.05, 0) is 36.5 Å². The minimum Gasteiger partial charge on any atom is -0.495 e. The van der Waals surface area contributed by atoms with Gasteiger partial charge in [0.2, 0.25) is 15.9 Å². The molecule has 1 N–H and O–H groups in total. The van der Waals surface area contributed by atoms with Crippen molar-refractivity contribution in [3.05, 3.63) is 23.8 Å². The summed E-state index contributed by atoms with van der Waals surface area (Å²) in [5, 5.41) is 2.96. The Hall–Kier alpha value is -1.60. The van der Waals surface area contributed by atoms with Gasteiger partial charge in [0.05, 0.1) is 13.7 Å². The molecule has 0 aliphatic heterocycles. The van der Waals surface area contributed by atoms with Crippen molar-refractivity contribution in [1.29, 1.82) is 0 Å². The van der Waals surface area contributed by atoms with Gasteiger partial charge < -0.3 is 10.1 Å². The summed E-state index contributed by atoms with van der Waals surface area (Å²) in [5.41, 5.74) is 0.907. The van der Waals surface area contributed by atoms with Crippen LogP contribution in [0.5, 0.6) is 5.75 Å². The SMILES string of the molecule is COc1ccc(C(C)C)cc1S(=O)(=O)N(C)CC(=O)NC1CCCCC1. The predicted molar refractivity (Wildman–Crippen MR) is 102 cm³/mol. The second-order valence-electron chi connectivity index (χ2n) is 7.23. The van der Waals surface area contributed by atoms with E-state index in [1.165, 1.54) is 20.6 Å². The van der Waals surface area contributed by atoms with Gasteiger partial charge in [0.25, 0.3) is 0 Å². The van der Waals surface area contributed by atoms with Crippen molar-refractivity contribution in [3.63, 3.8) is 0 Å². The monoisotopic (exact) mass is 382 g/mol. The molecule has 0 spiro atoms. The number of ether oxygens (including phenoxy) is 1. The lowest BCUT2D eigenvalue weighted by Crippen LogP contribution is -2.43. The number of carbonyl (C=O) groups excluding carboxylic acids is 1. The van der Waals surface area contributed by atoms with Gasteiger partial charge in [0, 0.05) is 13.1 Å². The minimum absolute atomic E-state index is 0.0965. The number of amides is 1. The summed E-state index contributed by atoms with van der Waals surface area (Å²) in [4.78, 5) is 12.4. The number of methoxy groups -OCH3 is 1. The van der Waals surface area contributed by atoms with Crippen LogP contribution in [0.1, 0.15) is 57.4 Å². The molecule has 0 aromatic heterocycles. The van der Waals surface area contributed by atoms with Crippen LogP contribution in [0.4, 0.5) is 0 Å².